The van der Waals surface area contributed by atoms with E-state index < -0.39 is 6.00 Å². The van der Waals surface area contributed by atoms with Gasteiger partial charge >= 0.3 is 0 Å². The van der Waals surface area contributed by atoms with Crippen LogP contribution >= 0.6 is 0 Å². The van der Waals surface area contributed by atoms with Crippen molar-refractivity contribution in [1.82, 2.24) is 0 Å². The van der Waals surface area contributed by atoms with Crippen LogP contribution in [0.5, 0.6) is 0 Å². The van der Waals surface area contributed by atoms with Crippen LogP contribution < -0.4 is 0 Å². The zero-order valence-corrected chi connectivity index (χ0v) is 9.71. The van der Waals surface area contributed by atoms with Crippen LogP contribution in [-0.2, 0) is 5.31 Å². The maximum absolute atomic E-state index is 13.1. The number of aliphatic hydroxyl groups excluding tert-OH is 1. The van der Waals surface area contributed by atoms with E-state index in [0.29, 0.717) is 0 Å². The third-order valence-electron chi connectivity index (χ3n) is 2.55. The molecule has 0 fully saturated rings. The Morgan fingerprint density at radius 3 is 2.53 bits per heavy atom. The predicted molar refractivity (Wildman–Crippen MR) is 61.6 cm³/mol. The van der Waals surface area contributed by atoms with Crippen molar-refractivity contribution < 1.29 is 9.50 Å². The molecule has 1 nitrogen and oxygen atoms in total. The van der Waals surface area contributed by atoms with Gasteiger partial charge in [-0.05, 0) is 42.4 Å². The first kappa shape index (κ1) is 12.2. The van der Waals surface area contributed by atoms with E-state index in [0.717, 1.165) is 11.1 Å². The van der Waals surface area contributed by atoms with E-state index in [2.05, 4.69) is 0 Å². The summed E-state index contributed by atoms with van der Waals surface area (Å²) >= 11 is 0. The zero-order chi connectivity index (χ0) is 11.6. The maximum atomic E-state index is 13.1. The van der Waals surface area contributed by atoms with Crippen LogP contribution in [0.2, 0.25) is 0 Å². The molecule has 3 heteroatoms. The molecular formula is C12H17BFO. The number of rotatable bonds is 3. The van der Waals surface area contributed by atoms with E-state index in [1.165, 1.54) is 12.1 Å². The van der Waals surface area contributed by atoms with Gasteiger partial charge in [-0.25, -0.2) is 4.39 Å². The molecule has 0 aliphatic carbocycles. The zero-order valence-electron chi connectivity index (χ0n) is 9.71. The van der Waals surface area contributed by atoms with Crippen molar-refractivity contribution >= 4 is 7.28 Å². The van der Waals surface area contributed by atoms with Gasteiger partial charge in [0, 0.05) is 6.00 Å². The third-order valence-corrected chi connectivity index (χ3v) is 2.55. The molecule has 0 aliphatic rings. The van der Waals surface area contributed by atoms with Gasteiger partial charge in [0.2, 0.25) is 0 Å². The van der Waals surface area contributed by atoms with Crippen molar-refractivity contribution in [2.75, 3.05) is 0 Å². The quantitative estimate of drug-likeness (QED) is 0.754. The van der Waals surface area contributed by atoms with Crippen molar-refractivity contribution in [3.8, 4) is 0 Å². The smallest absolute Gasteiger partial charge is 0.161 e. The van der Waals surface area contributed by atoms with E-state index in [4.69, 9.17) is 0 Å². The second kappa shape index (κ2) is 4.36. The van der Waals surface area contributed by atoms with Crippen LogP contribution in [0.25, 0.3) is 0 Å². The standard InChI is InChI=1S/C12H17BFO/c1-8-5-6-10(14)7-11(8)12(3,4)13-9(2)15/h5-7,9,15H,1-4H3. The lowest BCUT2D eigenvalue weighted by molar-refractivity contribution is 0.268. The normalized spacial score (nSPS) is 13.7. The molecule has 81 valence electrons. The molecule has 0 aliphatic heterocycles. The van der Waals surface area contributed by atoms with Gasteiger partial charge in [-0.1, -0.05) is 19.9 Å². The summed E-state index contributed by atoms with van der Waals surface area (Å²) < 4.78 is 13.1. The number of hydrogen-bond donors (Lipinski definition) is 1. The Bertz CT molecular complexity index is 347. The molecule has 15 heavy (non-hydrogen) atoms. The van der Waals surface area contributed by atoms with Gasteiger partial charge in [0.05, 0.1) is 0 Å². The van der Waals surface area contributed by atoms with Gasteiger partial charge in [0.25, 0.3) is 0 Å². The summed E-state index contributed by atoms with van der Waals surface area (Å²) in [6, 6.07) is 4.26. The minimum absolute atomic E-state index is 0.234. The Morgan fingerprint density at radius 1 is 1.40 bits per heavy atom. The summed E-state index contributed by atoms with van der Waals surface area (Å²) in [6.07, 6.45) is 0. The highest BCUT2D eigenvalue weighted by Gasteiger charge is 2.26. The fourth-order valence-electron chi connectivity index (χ4n) is 1.98. The summed E-state index contributed by atoms with van der Waals surface area (Å²) in [6.45, 7) is 7.60. The van der Waals surface area contributed by atoms with Gasteiger partial charge < -0.3 is 5.11 Å². The number of halogens is 1. The van der Waals surface area contributed by atoms with E-state index in [-0.39, 0.29) is 11.1 Å². The fraction of sp³-hybridized carbons (Fsp3) is 0.500. The average Bonchev–Trinajstić information content (AvgIpc) is 2.06. The first-order valence-corrected chi connectivity index (χ1v) is 5.13. The molecule has 1 N–H and O–H groups in total. The Labute approximate surface area is 91.6 Å². The SMILES string of the molecule is Cc1ccc(F)cc1C(C)(C)[B]C(C)O. The average molecular weight is 207 g/mol. The molecule has 0 saturated heterocycles. The van der Waals surface area contributed by atoms with Crippen LogP contribution in [-0.4, -0.2) is 18.4 Å². The fourth-order valence-corrected chi connectivity index (χ4v) is 1.98. The maximum Gasteiger partial charge on any atom is 0.161 e. The lowest BCUT2D eigenvalue weighted by Gasteiger charge is -2.27. The number of aliphatic hydroxyl groups is 1. The van der Waals surface area contributed by atoms with Crippen molar-refractivity contribution in [2.24, 2.45) is 0 Å². The first-order chi connectivity index (χ1) is 6.83. The van der Waals surface area contributed by atoms with Gasteiger partial charge in [-0.2, -0.15) is 0 Å². The molecule has 0 saturated carbocycles. The molecule has 1 radical (unpaired) electrons. The van der Waals surface area contributed by atoms with Crippen molar-refractivity contribution in [1.29, 1.82) is 0 Å². The molecular weight excluding hydrogens is 190 g/mol. The highest BCUT2D eigenvalue weighted by molar-refractivity contribution is 6.41. The van der Waals surface area contributed by atoms with Crippen LogP contribution in [0.3, 0.4) is 0 Å². The largest absolute Gasteiger partial charge is 0.402 e. The molecule has 0 aromatic heterocycles. The van der Waals surface area contributed by atoms with Crippen LogP contribution in [0.1, 0.15) is 31.9 Å². The molecule has 0 spiro atoms. The number of benzene rings is 1. The van der Waals surface area contributed by atoms with Crippen molar-refractivity contribution in [2.45, 2.75) is 39.0 Å². The Morgan fingerprint density at radius 2 is 2.00 bits per heavy atom. The molecule has 1 aromatic rings. The van der Waals surface area contributed by atoms with Gasteiger partial charge in [-0.3, -0.25) is 0 Å². The van der Waals surface area contributed by atoms with Crippen molar-refractivity contribution in [3.63, 3.8) is 0 Å². The lowest BCUT2D eigenvalue weighted by Crippen LogP contribution is -2.34. The van der Waals surface area contributed by atoms with Gasteiger partial charge in [0.1, 0.15) is 5.82 Å². The molecule has 1 atom stereocenters. The summed E-state index contributed by atoms with van der Waals surface area (Å²) in [4.78, 5) is 0. The van der Waals surface area contributed by atoms with E-state index in [9.17, 15) is 9.50 Å². The monoisotopic (exact) mass is 207 g/mol. The van der Waals surface area contributed by atoms with Crippen LogP contribution in [0, 0.1) is 12.7 Å². The predicted octanol–water partition coefficient (Wildman–Crippen LogP) is 2.41. The number of aryl methyl sites for hydroxylation is 1. The highest BCUT2D eigenvalue weighted by atomic mass is 19.1. The van der Waals surface area contributed by atoms with Crippen molar-refractivity contribution in [3.05, 3.63) is 35.1 Å². The molecule has 0 heterocycles. The second-order valence-electron chi connectivity index (χ2n) is 4.59. The summed E-state index contributed by atoms with van der Waals surface area (Å²) in [5.41, 5.74) is 1.96. The topological polar surface area (TPSA) is 20.2 Å². The van der Waals surface area contributed by atoms with E-state index >= 15 is 0 Å². The van der Waals surface area contributed by atoms with Crippen LogP contribution in [0.15, 0.2) is 18.2 Å². The molecule has 0 amide bonds. The molecule has 1 rings (SSSR count). The molecule has 0 bridgehead atoms. The Hall–Kier alpha value is -0.825. The van der Waals surface area contributed by atoms with E-state index in [1.807, 2.05) is 28.1 Å². The summed E-state index contributed by atoms with van der Waals surface area (Å²) in [5, 5.41) is 9.04. The minimum Gasteiger partial charge on any atom is -0.402 e. The Kier molecular flexibility index (Phi) is 3.56. The summed E-state index contributed by atoms with van der Waals surface area (Å²) in [7, 11) is 1.81. The number of hydrogen-bond acceptors (Lipinski definition) is 1. The van der Waals surface area contributed by atoms with Crippen LogP contribution in [0.4, 0.5) is 4.39 Å². The molecule has 1 aromatic carbocycles. The Balaban J connectivity index is 3.08. The van der Waals surface area contributed by atoms with Gasteiger partial charge in [-0.15, -0.1) is 0 Å². The third kappa shape index (κ3) is 3.06. The summed E-state index contributed by atoms with van der Waals surface area (Å²) in [5.74, 6) is -0.234. The first-order valence-electron chi connectivity index (χ1n) is 5.13. The highest BCUT2D eigenvalue weighted by Crippen LogP contribution is 2.26. The van der Waals surface area contributed by atoms with Gasteiger partial charge in [0.15, 0.2) is 7.28 Å². The molecule has 1 unspecified atom stereocenters. The van der Waals surface area contributed by atoms with E-state index in [1.54, 1.807) is 13.0 Å². The minimum atomic E-state index is -0.498. The lowest BCUT2D eigenvalue weighted by atomic mass is 9.48. The second-order valence-corrected chi connectivity index (χ2v) is 4.59.